The second-order valence-electron chi connectivity index (χ2n) is 5.69. The van der Waals surface area contributed by atoms with E-state index in [0.29, 0.717) is 0 Å². The quantitative estimate of drug-likeness (QED) is 0.384. The molecule has 0 radical (unpaired) electrons. The average molecular weight is 253 g/mol. The fraction of sp³-hybridized carbons (Fsp3) is 0.938. The van der Waals surface area contributed by atoms with Gasteiger partial charge in [0, 0.05) is 6.42 Å². The zero-order valence-electron chi connectivity index (χ0n) is 12.0. The van der Waals surface area contributed by atoms with E-state index in [1.165, 1.54) is 83.8 Å². The standard InChI is InChI=1S/C16H31NO/c18-16-12-8-6-4-2-1-3-5-7-9-13-17-14-10-11-15-17/h16H,1-15H2. The van der Waals surface area contributed by atoms with Gasteiger partial charge in [-0.05, 0) is 45.3 Å². The molecule has 0 aromatic rings. The number of carbonyl (C=O) groups is 1. The molecule has 0 N–H and O–H groups in total. The van der Waals surface area contributed by atoms with Crippen LogP contribution in [0.15, 0.2) is 0 Å². The van der Waals surface area contributed by atoms with Crippen LogP contribution in [-0.2, 0) is 4.79 Å². The van der Waals surface area contributed by atoms with Gasteiger partial charge in [0.25, 0.3) is 0 Å². The van der Waals surface area contributed by atoms with Gasteiger partial charge in [0.05, 0.1) is 0 Å². The minimum absolute atomic E-state index is 0.760. The summed E-state index contributed by atoms with van der Waals surface area (Å²) in [5.41, 5.74) is 0. The molecular formula is C16H31NO. The molecule has 0 bridgehead atoms. The van der Waals surface area contributed by atoms with Crippen molar-refractivity contribution in [3.8, 4) is 0 Å². The molecule has 1 saturated heterocycles. The fourth-order valence-corrected chi connectivity index (χ4v) is 2.81. The minimum atomic E-state index is 0.760. The first-order chi connectivity index (χ1) is 8.93. The van der Waals surface area contributed by atoms with Crippen molar-refractivity contribution in [1.82, 2.24) is 4.90 Å². The lowest BCUT2D eigenvalue weighted by Gasteiger charge is -2.13. The Labute approximate surface area is 113 Å². The van der Waals surface area contributed by atoms with E-state index in [2.05, 4.69) is 4.90 Å². The predicted molar refractivity (Wildman–Crippen MR) is 77.9 cm³/mol. The number of carbonyl (C=O) groups excluding carboxylic acids is 1. The zero-order valence-corrected chi connectivity index (χ0v) is 12.0. The van der Waals surface area contributed by atoms with Gasteiger partial charge in [-0.3, -0.25) is 0 Å². The van der Waals surface area contributed by atoms with Gasteiger partial charge in [0.2, 0.25) is 0 Å². The van der Waals surface area contributed by atoms with E-state index in [1.54, 1.807) is 0 Å². The van der Waals surface area contributed by atoms with Crippen LogP contribution in [-0.4, -0.2) is 30.8 Å². The molecule has 0 saturated carbocycles. The maximum absolute atomic E-state index is 10.1. The summed E-state index contributed by atoms with van der Waals surface area (Å²) in [6, 6.07) is 0. The number of unbranched alkanes of at least 4 members (excludes halogenated alkanes) is 9. The maximum Gasteiger partial charge on any atom is 0.119 e. The molecular weight excluding hydrogens is 222 g/mol. The highest BCUT2D eigenvalue weighted by atomic mass is 16.1. The van der Waals surface area contributed by atoms with E-state index in [-0.39, 0.29) is 0 Å². The van der Waals surface area contributed by atoms with Gasteiger partial charge < -0.3 is 9.69 Å². The van der Waals surface area contributed by atoms with Gasteiger partial charge in [0.1, 0.15) is 6.29 Å². The smallest absolute Gasteiger partial charge is 0.119 e. The molecule has 1 aliphatic heterocycles. The van der Waals surface area contributed by atoms with Crippen LogP contribution in [0, 0.1) is 0 Å². The van der Waals surface area contributed by atoms with Crippen molar-refractivity contribution in [2.24, 2.45) is 0 Å². The maximum atomic E-state index is 10.1. The van der Waals surface area contributed by atoms with E-state index < -0.39 is 0 Å². The summed E-state index contributed by atoms with van der Waals surface area (Å²) in [6.45, 7) is 4.03. The van der Waals surface area contributed by atoms with Crippen LogP contribution < -0.4 is 0 Å². The van der Waals surface area contributed by atoms with Crippen LogP contribution >= 0.6 is 0 Å². The van der Waals surface area contributed by atoms with Gasteiger partial charge in [0.15, 0.2) is 0 Å². The molecule has 0 amide bonds. The lowest BCUT2D eigenvalue weighted by atomic mass is 10.1. The number of hydrogen-bond acceptors (Lipinski definition) is 2. The molecule has 0 unspecified atom stereocenters. The third-order valence-electron chi connectivity index (χ3n) is 4.00. The second kappa shape index (κ2) is 11.7. The van der Waals surface area contributed by atoms with Crippen molar-refractivity contribution in [3.05, 3.63) is 0 Å². The first kappa shape index (κ1) is 15.7. The molecule has 0 aliphatic carbocycles. The molecule has 0 spiro atoms. The van der Waals surface area contributed by atoms with E-state index in [9.17, 15) is 4.79 Å². The average Bonchev–Trinajstić information content (AvgIpc) is 2.89. The first-order valence-corrected chi connectivity index (χ1v) is 8.09. The monoisotopic (exact) mass is 253 g/mol. The Hall–Kier alpha value is -0.370. The number of rotatable bonds is 12. The van der Waals surface area contributed by atoms with E-state index in [1.807, 2.05) is 0 Å². The summed E-state index contributed by atoms with van der Waals surface area (Å²) in [5.74, 6) is 0. The molecule has 1 rings (SSSR count). The van der Waals surface area contributed by atoms with Crippen molar-refractivity contribution in [1.29, 1.82) is 0 Å². The summed E-state index contributed by atoms with van der Waals surface area (Å²) >= 11 is 0. The van der Waals surface area contributed by atoms with E-state index in [4.69, 9.17) is 0 Å². The lowest BCUT2D eigenvalue weighted by Crippen LogP contribution is -2.20. The molecule has 1 fully saturated rings. The SMILES string of the molecule is O=CCCCCCCCCCCCN1CCCC1. The molecule has 18 heavy (non-hydrogen) atoms. The highest BCUT2D eigenvalue weighted by Crippen LogP contribution is 2.12. The van der Waals surface area contributed by atoms with Gasteiger partial charge in [-0.15, -0.1) is 0 Å². The zero-order chi connectivity index (χ0) is 12.9. The predicted octanol–water partition coefficient (Wildman–Crippen LogP) is 4.18. The summed E-state index contributed by atoms with van der Waals surface area (Å²) in [5, 5.41) is 0. The number of hydrogen-bond donors (Lipinski definition) is 0. The van der Waals surface area contributed by atoms with Crippen LogP contribution in [0.4, 0.5) is 0 Å². The Bertz CT molecular complexity index is 188. The number of aldehydes is 1. The molecule has 2 heteroatoms. The van der Waals surface area contributed by atoms with Crippen LogP contribution in [0.5, 0.6) is 0 Å². The number of likely N-dealkylation sites (tertiary alicyclic amines) is 1. The summed E-state index contributed by atoms with van der Waals surface area (Å²) in [6.07, 6.45) is 16.7. The minimum Gasteiger partial charge on any atom is -0.303 e. The van der Waals surface area contributed by atoms with Crippen molar-refractivity contribution in [2.75, 3.05) is 19.6 Å². The van der Waals surface area contributed by atoms with E-state index >= 15 is 0 Å². The van der Waals surface area contributed by atoms with Crippen LogP contribution in [0.25, 0.3) is 0 Å². The van der Waals surface area contributed by atoms with Gasteiger partial charge in [-0.2, -0.15) is 0 Å². The molecule has 0 atom stereocenters. The number of nitrogens with zero attached hydrogens (tertiary/aromatic N) is 1. The largest absolute Gasteiger partial charge is 0.303 e. The van der Waals surface area contributed by atoms with Crippen LogP contribution in [0.1, 0.15) is 77.0 Å². The first-order valence-electron chi connectivity index (χ1n) is 8.09. The Morgan fingerprint density at radius 2 is 1.22 bits per heavy atom. The summed E-state index contributed by atoms with van der Waals surface area (Å²) < 4.78 is 0. The van der Waals surface area contributed by atoms with Crippen molar-refractivity contribution in [2.45, 2.75) is 77.0 Å². The Kier molecular flexibility index (Phi) is 10.2. The molecule has 2 nitrogen and oxygen atoms in total. The summed E-state index contributed by atoms with van der Waals surface area (Å²) in [7, 11) is 0. The topological polar surface area (TPSA) is 20.3 Å². The molecule has 1 heterocycles. The van der Waals surface area contributed by atoms with Crippen molar-refractivity contribution < 1.29 is 4.79 Å². The molecule has 0 aromatic heterocycles. The summed E-state index contributed by atoms with van der Waals surface area (Å²) in [4.78, 5) is 12.8. The van der Waals surface area contributed by atoms with Gasteiger partial charge in [-0.1, -0.05) is 44.9 Å². The highest BCUT2D eigenvalue weighted by molar-refractivity contribution is 5.48. The Balaban J connectivity index is 1.69. The molecule has 106 valence electrons. The van der Waals surface area contributed by atoms with E-state index in [0.717, 1.165) is 19.1 Å². The van der Waals surface area contributed by atoms with Gasteiger partial charge in [-0.25, -0.2) is 0 Å². The second-order valence-corrected chi connectivity index (χ2v) is 5.69. The van der Waals surface area contributed by atoms with Gasteiger partial charge >= 0.3 is 0 Å². The third kappa shape index (κ3) is 8.68. The normalized spacial score (nSPS) is 16.2. The molecule has 0 aromatic carbocycles. The Morgan fingerprint density at radius 3 is 1.78 bits per heavy atom. The third-order valence-corrected chi connectivity index (χ3v) is 4.00. The fourth-order valence-electron chi connectivity index (χ4n) is 2.81. The van der Waals surface area contributed by atoms with Crippen LogP contribution in [0.3, 0.4) is 0 Å². The lowest BCUT2D eigenvalue weighted by molar-refractivity contribution is -0.107. The van der Waals surface area contributed by atoms with Crippen molar-refractivity contribution in [3.63, 3.8) is 0 Å². The molecule has 1 aliphatic rings. The van der Waals surface area contributed by atoms with Crippen LogP contribution in [0.2, 0.25) is 0 Å². The highest BCUT2D eigenvalue weighted by Gasteiger charge is 2.09. The Morgan fingerprint density at radius 1 is 0.722 bits per heavy atom. The van der Waals surface area contributed by atoms with Crippen molar-refractivity contribution >= 4 is 6.29 Å².